The third kappa shape index (κ3) is 6.14. The van der Waals surface area contributed by atoms with Gasteiger partial charge in [0.2, 0.25) is 0 Å². The van der Waals surface area contributed by atoms with Gasteiger partial charge in [-0.1, -0.05) is 60.7 Å². The van der Waals surface area contributed by atoms with Crippen molar-refractivity contribution in [2.75, 3.05) is 37.7 Å². The Labute approximate surface area is 197 Å². The zero-order chi connectivity index (χ0) is 23.0. The molecule has 33 heavy (non-hydrogen) atoms. The second-order valence-corrected chi connectivity index (χ2v) is 8.65. The van der Waals surface area contributed by atoms with E-state index in [0.29, 0.717) is 6.54 Å². The minimum atomic E-state index is -0.107. The lowest BCUT2D eigenvalue weighted by Crippen LogP contribution is -2.46. The van der Waals surface area contributed by atoms with Crippen LogP contribution < -0.4 is 15.0 Å². The Hall–Kier alpha value is -3.31. The maximum Gasteiger partial charge on any atom is 0.258 e. The summed E-state index contributed by atoms with van der Waals surface area (Å²) in [4.78, 5) is 17.4. The molecule has 0 bridgehead atoms. The van der Waals surface area contributed by atoms with E-state index < -0.39 is 0 Å². The standard InChI is InChI=1S/C28H33N3O2/c1-22-9-8-10-23(2)28(22)33-21-27(32)29-19-24-11-6-7-12-25(24)20-30-15-17-31(18-16-30)26-13-4-3-5-14-26/h3-14H,15-21H2,1-2H3,(H,29,32). The van der Waals surface area contributed by atoms with E-state index in [1.165, 1.54) is 11.3 Å². The zero-order valence-electron chi connectivity index (χ0n) is 19.6. The highest BCUT2D eigenvalue weighted by molar-refractivity contribution is 5.77. The van der Waals surface area contributed by atoms with Crippen LogP contribution in [0.1, 0.15) is 22.3 Å². The van der Waals surface area contributed by atoms with Crippen LogP contribution in [0.5, 0.6) is 5.75 Å². The Balaban J connectivity index is 1.28. The predicted octanol–water partition coefficient (Wildman–Crippen LogP) is 4.32. The second kappa shape index (κ2) is 11.0. The summed E-state index contributed by atoms with van der Waals surface area (Å²) in [5, 5.41) is 3.02. The highest BCUT2D eigenvalue weighted by Gasteiger charge is 2.18. The number of nitrogens with one attached hydrogen (secondary N) is 1. The number of benzene rings is 3. The monoisotopic (exact) mass is 443 g/mol. The number of carbonyl (C=O) groups excluding carboxylic acids is 1. The maximum absolute atomic E-state index is 12.4. The summed E-state index contributed by atoms with van der Waals surface area (Å²) in [7, 11) is 0. The first kappa shape index (κ1) is 22.9. The van der Waals surface area contributed by atoms with Gasteiger partial charge in [0, 0.05) is 45.0 Å². The Morgan fingerprint density at radius 1 is 0.818 bits per heavy atom. The SMILES string of the molecule is Cc1cccc(C)c1OCC(=O)NCc1ccccc1CN1CCN(c2ccccc2)CC1. The number of hydrogen-bond donors (Lipinski definition) is 1. The van der Waals surface area contributed by atoms with Crippen LogP contribution >= 0.6 is 0 Å². The normalized spacial score (nSPS) is 14.2. The summed E-state index contributed by atoms with van der Waals surface area (Å²) in [6.07, 6.45) is 0. The fourth-order valence-corrected chi connectivity index (χ4v) is 4.34. The van der Waals surface area contributed by atoms with Gasteiger partial charge in [-0.2, -0.15) is 0 Å². The van der Waals surface area contributed by atoms with Crippen LogP contribution in [-0.4, -0.2) is 43.6 Å². The number of hydrogen-bond acceptors (Lipinski definition) is 4. The van der Waals surface area contributed by atoms with Gasteiger partial charge < -0.3 is 15.0 Å². The molecule has 1 aliphatic heterocycles. The van der Waals surface area contributed by atoms with Crippen LogP contribution in [0.2, 0.25) is 0 Å². The third-order valence-corrected chi connectivity index (χ3v) is 6.24. The molecule has 1 amide bonds. The Morgan fingerprint density at radius 3 is 2.15 bits per heavy atom. The van der Waals surface area contributed by atoms with Crippen molar-refractivity contribution in [1.82, 2.24) is 10.2 Å². The molecule has 0 unspecified atom stereocenters. The van der Waals surface area contributed by atoms with E-state index in [0.717, 1.165) is 55.2 Å². The number of piperazine rings is 1. The molecule has 0 atom stereocenters. The summed E-state index contributed by atoms with van der Waals surface area (Å²) < 4.78 is 5.79. The van der Waals surface area contributed by atoms with Crippen LogP contribution in [0, 0.1) is 13.8 Å². The van der Waals surface area contributed by atoms with Gasteiger partial charge in [-0.15, -0.1) is 0 Å². The molecule has 172 valence electrons. The molecule has 5 nitrogen and oxygen atoms in total. The smallest absolute Gasteiger partial charge is 0.258 e. The Kier molecular flexibility index (Phi) is 7.63. The van der Waals surface area contributed by atoms with Crippen molar-refractivity contribution in [3.8, 4) is 5.75 Å². The fourth-order valence-electron chi connectivity index (χ4n) is 4.34. The van der Waals surface area contributed by atoms with Gasteiger partial charge in [-0.3, -0.25) is 9.69 Å². The van der Waals surface area contributed by atoms with Crippen molar-refractivity contribution < 1.29 is 9.53 Å². The molecule has 0 aromatic heterocycles. The number of ether oxygens (including phenoxy) is 1. The molecule has 3 aromatic rings. The topological polar surface area (TPSA) is 44.8 Å². The lowest BCUT2D eigenvalue weighted by atomic mass is 10.1. The second-order valence-electron chi connectivity index (χ2n) is 8.65. The summed E-state index contributed by atoms with van der Waals surface area (Å²) in [5.41, 5.74) is 5.80. The van der Waals surface area contributed by atoms with Crippen LogP contribution in [0.4, 0.5) is 5.69 Å². The minimum Gasteiger partial charge on any atom is -0.483 e. The summed E-state index contributed by atoms with van der Waals surface area (Å²) in [5.74, 6) is 0.687. The first-order chi connectivity index (χ1) is 16.1. The van der Waals surface area contributed by atoms with E-state index in [4.69, 9.17) is 4.74 Å². The predicted molar refractivity (Wildman–Crippen MR) is 134 cm³/mol. The van der Waals surface area contributed by atoms with Crippen LogP contribution in [0.15, 0.2) is 72.8 Å². The average molecular weight is 444 g/mol. The summed E-state index contributed by atoms with van der Waals surface area (Å²) >= 11 is 0. The van der Waals surface area contributed by atoms with E-state index >= 15 is 0 Å². The molecule has 0 saturated carbocycles. The first-order valence-corrected chi connectivity index (χ1v) is 11.6. The highest BCUT2D eigenvalue weighted by Crippen LogP contribution is 2.22. The molecule has 5 heteroatoms. The van der Waals surface area contributed by atoms with Crippen LogP contribution in [0.25, 0.3) is 0 Å². The van der Waals surface area contributed by atoms with Crippen molar-refractivity contribution in [2.45, 2.75) is 26.9 Å². The molecule has 1 N–H and O–H groups in total. The molecule has 0 radical (unpaired) electrons. The molecule has 1 aliphatic rings. The van der Waals surface area contributed by atoms with Crippen LogP contribution in [-0.2, 0) is 17.9 Å². The Bertz CT molecular complexity index is 1040. The van der Waals surface area contributed by atoms with Gasteiger partial charge in [0.25, 0.3) is 5.91 Å². The van der Waals surface area contributed by atoms with E-state index in [1.54, 1.807) is 0 Å². The number of nitrogens with zero attached hydrogens (tertiary/aromatic N) is 2. The molecule has 4 rings (SSSR count). The van der Waals surface area contributed by atoms with Crippen molar-refractivity contribution in [3.05, 3.63) is 95.1 Å². The molecule has 1 heterocycles. The molecular weight excluding hydrogens is 410 g/mol. The highest BCUT2D eigenvalue weighted by atomic mass is 16.5. The van der Waals surface area contributed by atoms with E-state index in [-0.39, 0.29) is 12.5 Å². The van der Waals surface area contributed by atoms with Gasteiger partial charge in [0.05, 0.1) is 0 Å². The van der Waals surface area contributed by atoms with E-state index in [2.05, 4.69) is 63.6 Å². The fraction of sp³-hybridized carbons (Fsp3) is 0.321. The van der Waals surface area contributed by atoms with Crippen molar-refractivity contribution in [3.63, 3.8) is 0 Å². The van der Waals surface area contributed by atoms with Crippen molar-refractivity contribution >= 4 is 11.6 Å². The lowest BCUT2D eigenvalue weighted by Gasteiger charge is -2.36. The number of para-hydroxylation sites is 2. The number of anilines is 1. The largest absolute Gasteiger partial charge is 0.483 e. The molecule has 3 aromatic carbocycles. The third-order valence-electron chi connectivity index (χ3n) is 6.24. The van der Waals surface area contributed by atoms with Gasteiger partial charge in [-0.25, -0.2) is 0 Å². The number of aryl methyl sites for hydroxylation is 2. The minimum absolute atomic E-state index is 0.0231. The zero-order valence-corrected chi connectivity index (χ0v) is 19.6. The van der Waals surface area contributed by atoms with Gasteiger partial charge in [-0.05, 0) is 48.2 Å². The molecule has 0 spiro atoms. The summed E-state index contributed by atoms with van der Waals surface area (Å²) in [6.45, 7) is 9.53. The molecule has 0 aliphatic carbocycles. The molecule has 1 saturated heterocycles. The Morgan fingerprint density at radius 2 is 1.45 bits per heavy atom. The lowest BCUT2D eigenvalue weighted by molar-refractivity contribution is -0.123. The quantitative estimate of drug-likeness (QED) is 0.563. The average Bonchev–Trinajstić information content (AvgIpc) is 2.84. The summed E-state index contributed by atoms with van der Waals surface area (Å²) in [6, 6.07) is 25.0. The van der Waals surface area contributed by atoms with Crippen molar-refractivity contribution in [1.29, 1.82) is 0 Å². The van der Waals surface area contributed by atoms with Gasteiger partial charge in [0.15, 0.2) is 6.61 Å². The maximum atomic E-state index is 12.4. The van der Waals surface area contributed by atoms with Crippen LogP contribution in [0.3, 0.4) is 0 Å². The number of amides is 1. The van der Waals surface area contributed by atoms with Gasteiger partial charge >= 0.3 is 0 Å². The van der Waals surface area contributed by atoms with E-state index in [9.17, 15) is 4.79 Å². The molecule has 1 fully saturated rings. The van der Waals surface area contributed by atoms with Crippen molar-refractivity contribution in [2.24, 2.45) is 0 Å². The van der Waals surface area contributed by atoms with E-state index in [1.807, 2.05) is 38.1 Å². The number of rotatable bonds is 8. The first-order valence-electron chi connectivity index (χ1n) is 11.6. The number of carbonyl (C=O) groups is 1. The van der Waals surface area contributed by atoms with Gasteiger partial charge in [0.1, 0.15) is 5.75 Å². The molecular formula is C28H33N3O2.